The minimum absolute atomic E-state index is 0.0961. The number of phenolic OH excluding ortho intramolecular Hbond substituents is 1. The van der Waals surface area contributed by atoms with Gasteiger partial charge < -0.3 is 10.4 Å². The number of rotatable bonds is 7. The van der Waals surface area contributed by atoms with Gasteiger partial charge in [0.15, 0.2) is 0 Å². The molecule has 162 valence electrons. The van der Waals surface area contributed by atoms with Gasteiger partial charge >= 0.3 is 0 Å². The minimum Gasteiger partial charge on any atom is -0.506 e. The van der Waals surface area contributed by atoms with Gasteiger partial charge in [-0.25, -0.2) is 9.97 Å². The first-order valence-electron chi connectivity index (χ1n) is 10.1. The number of anilines is 1. The largest absolute Gasteiger partial charge is 0.506 e. The van der Waals surface area contributed by atoms with Crippen LogP contribution in [-0.2, 0) is 11.2 Å². The van der Waals surface area contributed by atoms with E-state index in [-0.39, 0.29) is 17.3 Å². The predicted octanol–water partition coefficient (Wildman–Crippen LogP) is 5.56. The Balaban J connectivity index is 1.60. The zero-order chi connectivity index (χ0) is 22.7. The van der Waals surface area contributed by atoms with E-state index in [0.717, 1.165) is 32.8 Å². The van der Waals surface area contributed by atoms with Gasteiger partial charge in [-0.2, -0.15) is 0 Å². The summed E-state index contributed by atoms with van der Waals surface area (Å²) < 4.78 is 0. The number of fused-ring (bicyclic) bond motifs is 1. The second kappa shape index (κ2) is 9.50. The number of nitrogens with one attached hydrogen (secondary N) is 1. The molecule has 0 fully saturated rings. The van der Waals surface area contributed by atoms with Gasteiger partial charge in [-0.3, -0.25) is 9.59 Å². The third kappa shape index (κ3) is 4.51. The Kier molecular flexibility index (Phi) is 6.53. The van der Waals surface area contributed by atoms with E-state index in [2.05, 4.69) is 51.9 Å². The van der Waals surface area contributed by atoms with E-state index >= 15 is 0 Å². The number of benzene rings is 2. The zero-order valence-electron chi connectivity index (χ0n) is 17.5. The molecular weight excluding hydrogens is 442 g/mol. The van der Waals surface area contributed by atoms with Crippen LogP contribution in [0.15, 0.2) is 59.2 Å². The predicted molar refractivity (Wildman–Crippen MR) is 130 cm³/mol. The molecule has 0 spiro atoms. The molecule has 1 amide bonds. The van der Waals surface area contributed by atoms with Gasteiger partial charge in [0.05, 0.1) is 16.3 Å². The third-order valence-corrected chi connectivity index (χ3v) is 7.07. The zero-order valence-corrected chi connectivity index (χ0v) is 19.2. The Morgan fingerprint density at radius 1 is 1.22 bits per heavy atom. The Morgan fingerprint density at radius 2 is 2.00 bits per heavy atom. The molecule has 2 heterocycles. The molecule has 2 aromatic carbocycles. The fourth-order valence-corrected chi connectivity index (χ4v) is 5.17. The van der Waals surface area contributed by atoms with Crippen LogP contribution in [0.4, 0.5) is 5.69 Å². The van der Waals surface area contributed by atoms with E-state index in [0.29, 0.717) is 11.8 Å². The summed E-state index contributed by atoms with van der Waals surface area (Å²) >= 11 is 2.88. The van der Waals surface area contributed by atoms with Gasteiger partial charge in [-0.1, -0.05) is 43.0 Å². The number of nitrogens with zero attached hydrogens (tertiary/aromatic N) is 2. The average molecular weight is 464 g/mol. The molecule has 0 saturated carbocycles. The Morgan fingerprint density at radius 3 is 2.72 bits per heavy atom. The van der Waals surface area contributed by atoms with Gasteiger partial charge in [-0.15, -0.1) is 11.3 Å². The molecule has 4 rings (SSSR count). The third-order valence-electron chi connectivity index (χ3n) is 5.08. The average Bonchev–Trinajstić information content (AvgIpc) is 3.25. The topological polar surface area (TPSA) is 92.2 Å². The highest BCUT2D eigenvalue weighted by atomic mass is 32.2. The molecule has 2 aromatic heterocycles. The lowest BCUT2D eigenvalue weighted by atomic mass is 10.0. The lowest BCUT2D eigenvalue weighted by molar-refractivity contribution is -0.115. The number of hydrogen-bond acceptors (Lipinski definition) is 7. The van der Waals surface area contributed by atoms with Crippen molar-refractivity contribution in [2.45, 2.75) is 30.5 Å². The first kappa shape index (κ1) is 22.0. The van der Waals surface area contributed by atoms with Crippen molar-refractivity contribution in [2.24, 2.45) is 0 Å². The van der Waals surface area contributed by atoms with Crippen molar-refractivity contribution in [1.82, 2.24) is 9.97 Å². The smallest absolute Gasteiger partial charge is 0.237 e. The minimum atomic E-state index is -0.498. The summed E-state index contributed by atoms with van der Waals surface area (Å²) in [5.74, 6) is -0.398. The standard InChI is InChI=1S/C24H21N3O3S2/c1-3-15-4-7-17(8-5-15)18-12-31-23-21(18)24(26-13-25-23)32-14(2)22(30)27-19-10-16(11-28)6-9-20(19)29/h4-14,29H,3H2,1-2H3,(H,27,30). The monoisotopic (exact) mass is 463 g/mol. The number of hydrogen-bond donors (Lipinski definition) is 2. The molecular formula is C24H21N3O3S2. The molecule has 1 atom stereocenters. The van der Waals surface area contributed by atoms with Crippen LogP contribution in [0.3, 0.4) is 0 Å². The summed E-state index contributed by atoms with van der Waals surface area (Å²) in [7, 11) is 0. The molecule has 0 aliphatic heterocycles. The first-order chi connectivity index (χ1) is 15.5. The van der Waals surface area contributed by atoms with Crippen LogP contribution in [0.2, 0.25) is 0 Å². The van der Waals surface area contributed by atoms with Crippen LogP contribution in [0.5, 0.6) is 5.75 Å². The van der Waals surface area contributed by atoms with Crippen LogP contribution >= 0.6 is 23.1 Å². The molecule has 4 aromatic rings. The summed E-state index contributed by atoms with van der Waals surface area (Å²) in [5, 5.41) is 15.9. The van der Waals surface area contributed by atoms with Crippen molar-refractivity contribution in [3.63, 3.8) is 0 Å². The summed E-state index contributed by atoms with van der Waals surface area (Å²) in [4.78, 5) is 33.5. The number of aromatic nitrogens is 2. The number of carbonyl (C=O) groups excluding carboxylic acids is 2. The van der Waals surface area contributed by atoms with E-state index in [1.807, 2.05) is 0 Å². The number of carbonyl (C=O) groups is 2. The molecule has 0 saturated heterocycles. The number of thiophene rings is 1. The number of aryl methyl sites for hydroxylation is 1. The fraction of sp³-hybridized carbons (Fsp3) is 0.167. The van der Waals surface area contributed by atoms with Crippen LogP contribution in [0.1, 0.15) is 29.8 Å². The highest BCUT2D eigenvalue weighted by molar-refractivity contribution is 8.00. The van der Waals surface area contributed by atoms with E-state index in [1.54, 1.807) is 18.3 Å². The van der Waals surface area contributed by atoms with Gasteiger partial charge in [0.2, 0.25) is 5.91 Å². The molecule has 0 radical (unpaired) electrons. The number of aldehydes is 1. The van der Waals surface area contributed by atoms with Gasteiger partial charge in [-0.05, 0) is 42.7 Å². The van der Waals surface area contributed by atoms with Gasteiger partial charge in [0.1, 0.15) is 28.2 Å². The quantitative estimate of drug-likeness (QED) is 0.161. The number of thioether (sulfide) groups is 1. The van der Waals surface area contributed by atoms with Crippen LogP contribution in [0.25, 0.3) is 21.3 Å². The lowest BCUT2D eigenvalue weighted by Crippen LogP contribution is -2.22. The molecule has 0 aliphatic carbocycles. The highest BCUT2D eigenvalue weighted by Gasteiger charge is 2.21. The van der Waals surface area contributed by atoms with Gasteiger partial charge in [0, 0.05) is 16.5 Å². The van der Waals surface area contributed by atoms with E-state index in [9.17, 15) is 14.7 Å². The second-order valence-electron chi connectivity index (χ2n) is 7.20. The summed E-state index contributed by atoms with van der Waals surface area (Å²) in [6.07, 6.45) is 3.15. The Hall–Kier alpha value is -3.23. The van der Waals surface area contributed by atoms with Crippen LogP contribution in [0, 0.1) is 0 Å². The maximum atomic E-state index is 12.8. The summed E-state index contributed by atoms with van der Waals surface area (Å²) in [6, 6.07) is 12.7. The van der Waals surface area contributed by atoms with E-state index in [1.165, 1.54) is 41.9 Å². The normalized spacial score (nSPS) is 11.9. The van der Waals surface area contributed by atoms with Crippen molar-refractivity contribution in [2.75, 3.05) is 5.32 Å². The molecule has 8 heteroatoms. The first-order valence-corrected chi connectivity index (χ1v) is 11.8. The molecule has 1 unspecified atom stereocenters. The lowest BCUT2D eigenvalue weighted by Gasteiger charge is -2.14. The van der Waals surface area contributed by atoms with Crippen molar-refractivity contribution in [1.29, 1.82) is 0 Å². The van der Waals surface area contributed by atoms with E-state index in [4.69, 9.17) is 0 Å². The number of phenols is 1. The van der Waals surface area contributed by atoms with E-state index < -0.39 is 5.25 Å². The molecule has 0 aliphatic rings. The maximum absolute atomic E-state index is 12.8. The Labute approximate surface area is 193 Å². The number of aromatic hydroxyl groups is 1. The Bertz CT molecular complexity index is 1290. The summed E-state index contributed by atoms with van der Waals surface area (Å²) in [6.45, 7) is 3.90. The van der Waals surface area contributed by atoms with Crippen LogP contribution < -0.4 is 5.32 Å². The second-order valence-corrected chi connectivity index (χ2v) is 9.39. The summed E-state index contributed by atoms with van der Waals surface area (Å²) in [5.41, 5.74) is 3.96. The van der Waals surface area contributed by atoms with Crippen LogP contribution in [-0.4, -0.2) is 32.5 Å². The highest BCUT2D eigenvalue weighted by Crippen LogP contribution is 2.39. The maximum Gasteiger partial charge on any atom is 0.237 e. The molecule has 6 nitrogen and oxygen atoms in total. The molecule has 0 bridgehead atoms. The van der Waals surface area contributed by atoms with Crippen molar-refractivity contribution < 1.29 is 14.7 Å². The van der Waals surface area contributed by atoms with Crippen molar-refractivity contribution in [3.05, 3.63) is 65.3 Å². The van der Waals surface area contributed by atoms with Gasteiger partial charge in [0.25, 0.3) is 0 Å². The number of amides is 1. The molecule has 2 N–H and O–H groups in total. The van der Waals surface area contributed by atoms with Crippen molar-refractivity contribution >= 4 is 51.2 Å². The SMILES string of the molecule is CCc1ccc(-c2csc3ncnc(SC(C)C(=O)Nc4cc(C=O)ccc4O)c23)cc1. The fourth-order valence-electron chi connectivity index (χ4n) is 3.25. The van der Waals surface area contributed by atoms with Crippen molar-refractivity contribution in [3.8, 4) is 16.9 Å². The molecule has 32 heavy (non-hydrogen) atoms.